The maximum atomic E-state index is 13.0. The van der Waals surface area contributed by atoms with E-state index in [2.05, 4.69) is 26.9 Å². The van der Waals surface area contributed by atoms with Crippen molar-refractivity contribution < 1.29 is 4.79 Å². The predicted molar refractivity (Wildman–Crippen MR) is 130 cm³/mol. The minimum absolute atomic E-state index is 0.0681. The van der Waals surface area contributed by atoms with Crippen molar-refractivity contribution >= 4 is 22.8 Å². The number of likely N-dealkylation sites (N-methyl/N-ethyl adjacent to an activating group) is 1. The van der Waals surface area contributed by atoms with Crippen LogP contribution < -0.4 is 5.73 Å². The van der Waals surface area contributed by atoms with Crippen LogP contribution in [0.15, 0.2) is 48.7 Å². The van der Waals surface area contributed by atoms with Crippen LogP contribution in [0.5, 0.6) is 0 Å². The number of H-pyrrole nitrogens is 1. The molecule has 1 fully saturated rings. The summed E-state index contributed by atoms with van der Waals surface area (Å²) in [6.07, 6.45) is 2.64. The highest BCUT2D eigenvalue weighted by Gasteiger charge is 2.19. The van der Waals surface area contributed by atoms with Gasteiger partial charge in [-0.25, -0.2) is 15.0 Å². The van der Waals surface area contributed by atoms with Gasteiger partial charge in [-0.1, -0.05) is 18.2 Å². The number of aromatic amines is 1. The molecule has 0 unspecified atom stereocenters. The molecule has 1 amide bonds. The molecule has 1 aliphatic rings. The molecular formula is C25H27N7O. The van der Waals surface area contributed by atoms with E-state index in [4.69, 9.17) is 10.7 Å². The van der Waals surface area contributed by atoms with Crippen LogP contribution in [-0.4, -0.2) is 68.9 Å². The molecule has 8 heteroatoms. The first kappa shape index (κ1) is 21.1. The number of aromatic nitrogens is 4. The van der Waals surface area contributed by atoms with Gasteiger partial charge in [0, 0.05) is 30.8 Å². The molecule has 2 aromatic heterocycles. The summed E-state index contributed by atoms with van der Waals surface area (Å²) in [5.74, 6) is 0.964. The van der Waals surface area contributed by atoms with E-state index in [1.54, 1.807) is 6.20 Å². The van der Waals surface area contributed by atoms with Gasteiger partial charge in [0.1, 0.15) is 5.69 Å². The number of fused-ring (bicyclic) bond motifs is 1. The molecule has 1 saturated heterocycles. The van der Waals surface area contributed by atoms with Crippen LogP contribution in [0.25, 0.3) is 33.8 Å². The second kappa shape index (κ2) is 8.63. The third-order valence-corrected chi connectivity index (χ3v) is 6.10. The van der Waals surface area contributed by atoms with Crippen molar-refractivity contribution in [2.24, 2.45) is 0 Å². The molecule has 0 bridgehead atoms. The van der Waals surface area contributed by atoms with Crippen molar-refractivity contribution in [3.8, 4) is 22.8 Å². The van der Waals surface area contributed by atoms with E-state index < -0.39 is 0 Å². The van der Waals surface area contributed by atoms with Crippen molar-refractivity contribution in [1.82, 2.24) is 29.7 Å². The van der Waals surface area contributed by atoms with Crippen molar-refractivity contribution in [3.63, 3.8) is 0 Å². The fourth-order valence-corrected chi connectivity index (χ4v) is 4.16. The van der Waals surface area contributed by atoms with Gasteiger partial charge in [-0.3, -0.25) is 4.79 Å². The SMILES string of the molecule is Cc1ccc2nc(-c3nc(-c4ccc(C(=O)N5CCCN(C)CC5)cc4)cnc3N)[nH]c2c1. The summed E-state index contributed by atoms with van der Waals surface area (Å²) in [5, 5.41) is 0. The number of rotatable bonds is 3. The zero-order valence-corrected chi connectivity index (χ0v) is 18.9. The van der Waals surface area contributed by atoms with Gasteiger partial charge in [0.15, 0.2) is 11.6 Å². The third kappa shape index (κ3) is 4.29. The lowest BCUT2D eigenvalue weighted by atomic mass is 10.1. The molecule has 0 radical (unpaired) electrons. The van der Waals surface area contributed by atoms with E-state index in [-0.39, 0.29) is 5.91 Å². The Morgan fingerprint density at radius 3 is 2.67 bits per heavy atom. The highest BCUT2D eigenvalue weighted by Crippen LogP contribution is 2.26. The van der Waals surface area contributed by atoms with Gasteiger partial charge < -0.3 is 20.5 Å². The fraction of sp³-hybridized carbons (Fsp3) is 0.280. The molecule has 1 aliphatic heterocycles. The Kier molecular flexibility index (Phi) is 5.51. The predicted octanol–water partition coefficient (Wildman–Crippen LogP) is 3.36. The van der Waals surface area contributed by atoms with Gasteiger partial charge in [0.2, 0.25) is 0 Å². The second-order valence-electron chi connectivity index (χ2n) is 8.62. The first-order valence-electron chi connectivity index (χ1n) is 11.2. The lowest BCUT2D eigenvalue weighted by Gasteiger charge is -2.20. The van der Waals surface area contributed by atoms with E-state index >= 15 is 0 Å². The number of nitrogen functional groups attached to an aromatic ring is 1. The molecule has 0 atom stereocenters. The smallest absolute Gasteiger partial charge is 0.253 e. The highest BCUT2D eigenvalue weighted by molar-refractivity contribution is 5.94. The van der Waals surface area contributed by atoms with Gasteiger partial charge in [0.25, 0.3) is 5.91 Å². The van der Waals surface area contributed by atoms with Crippen LogP contribution in [0.2, 0.25) is 0 Å². The highest BCUT2D eigenvalue weighted by atomic mass is 16.2. The van der Waals surface area contributed by atoms with Crippen LogP contribution >= 0.6 is 0 Å². The van der Waals surface area contributed by atoms with Gasteiger partial charge in [-0.05, 0) is 56.8 Å². The van der Waals surface area contributed by atoms with Crippen LogP contribution in [0.4, 0.5) is 5.82 Å². The van der Waals surface area contributed by atoms with Crippen LogP contribution in [0.1, 0.15) is 22.3 Å². The summed E-state index contributed by atoms with van der Waals surface area (Å²) >= 11 is 0. The largest absolute Gasteiger partial charge is 0.382 e. The molecule has 33 heavy (non-hydrogen) atoms. The summed E-state index contributed by atoms with van der Waals surface area (Å²) in [5.41, 5.74) is 11.8. The van der Waals surface area contributed by atoms with Gasteiger partial charge >= 0.3 is 0 Å². The normalized spacial score (nSPS) is 15.0. The number of hydrogen-bond donors (Lipinski definition) is 2. The first-order chi connectivity index (χ1) is 16.0. The Balaban J connectivity index is 1.41. The minimum Gasteiger partial charge on any atom is -0.382 e. The number of benzene rings is 2. The number of carbonyl (C=O) groups excluding carboxylic acids is 1. The van der Waals surface area contributed by atoms with Crippen molar-refractivity contribution in [2.45, 2.75) is 13.3 Å². The number of amides is 1. The van der Waals surface area contributed by atoms with Gasteiger partial charge in [-0.2, -0.15) is 0 Å². The number of imidazole rings is 1. The Morgan fingerprint density at radius 2 is 1.85 bits per heavy atom. The number of aryl methyl sites for hydroxylation is 1. The minimum atomic E-state index is 0.0681. The third-order valence-electron chi connectivity index (χ3n) is 6.10. The van der Waals surface area contributed by atoms with Gasteiger partial charge in [-0.15, -0.1) is 0 Å². The lowest BCUT2D eigenvalue weighted by Crippen LogP contribution is -2.34. The Morgan fingerprint density at radius 1 is 1.03 bits per heavy atom. The average molecular weight is 442 g/mol. The second-order valence-corrected chi connectivity index (χ2v) is 8.62. The number of nitrogens with zero attached hydrogens (tertiary/aromatic N) is 5. The zero-order valence-electron chi connectivity index (χ0n) is 18.9. The first-order valence-corrected chi connectivity index (χ1v) is 11.2. The van der Waals surface area contributed by atoms with Crippen molar-refractivity contribution in [3.05, 3.63) is 59.8 Å². The lowest BCUT2D eigenvalue weighted by molar-refractivity contribution is 0.0763. The zero-order chi connectivity index (χ0) is 22.9. The molecule has 8 nitrogen and oxygen atoms in total. The topological polar surface area (TPSA) is 104 Å². The summed E-state index contributed by atoms with van der Waals surface area (Å²) in [6.45, 7) is 5.49. The maximum Gasteiger partial charge on any atom is 0.253 e. The van der Waals surface area contributed by atoms with Crippen LogP contribution in [0, 0.1) is 6.92 Å². The summed E-state index contributed by atoms with van der Waals surface area (Å²) in [6, 6.07) is 13.5. The molecular weight excluding hydrogens is 414 g/mol. The van der Waals surface area contributed by atoms with E-state index in [0.29, 0.717) is 28.6 Å². The van der Waals surface area contributed by atoms with Crippen LogP contribution in [0.3, 0.4) is 0 Å². The molecule has 5 rings (SSSR count). The van der Waals surface area contributed by atoms with E-state index in [1.165, 1.54) is 0 Å². The number of nitrogens with two attached hydrogens (primary N) is 1. The average Bonchev–Trinajstić information content (AvgIpc) is 3.11. The standard InChI is InChI=1S/C25H27N7O/c1-16-4-9-19-20(14-16)30-24(29-19)22-23(26)27-15-21(28-22)17-5-7-18(8-6-17)25(33)32-11-3-10-31(2)12-13-32/h4-9,14-15H,3,10-13H2,1-2H3,(H2,26,27)(H,29,30). The molecule has 0 saturated carbocycles. The fourth-order valence-electron chi connectivity index (χ4n) is 4.16. The Labute approximate surface area is 192 Å². The number of carbonyl (C=O) groups is 1. The van der Waals surface area contributed by atoms with Crippen molar-refractivity contribution in [1.29, 1.82) is 0 Å². The van der Waals surface area contributed by atoms with E-state index in [1.807, 2.05) is 54.3 Å². The monoisotopic (exact) mass is 441 g/mol. The Bertz CT molecular complexity index is 1310. The molecule has 0 spiro atoms. The summed E-state index contributed by atoms with van der Waals surface area (Å²) in [7, 11) is 2.09. The molecule has 168 valence electrons. The Hall–Kier alpha value is -3.78. The molecule has 0 aliphatic carbocycles. The number of nitrogens with one attached hydrogen (secondary N) is 1. The van der Waals surface area contributed by atoms with E-state index in [9.17, 15) is 4.79 Å². The van der Waals surface area contributed by atoms with Gasteiger partial charge in [0.05, 0.1) is 22.9 Å². The number of anilines is 1. The summed E-state index contributed by atoms with van der Waals surface area (Å²) < 4.78 is 0. The quantitative estimate of drug-likeness (QED) is 0.505. The summed E-state index contributed by atoms with van der Waals surface area (Å²) in [4.78, 5) is 34.1. The molecule has 3 heterocycles. The van der Waals surface area contributed by atoms with Crippen LogP contribution in [-0.2, 0) is 0 Å². The molecule has 3 N–H and O–H groups in total. The maximum absolute atomic E-state index is 13.0. The molecule has 2 aromatic carbocycles. The molecule has 4 aromatic rings. The van der Waals surface area contributed by atoms with Crippen molar-refractivity contribution in [2.75, 3.05) is 39.0 Å². The van der Waals surface area contributed by atoms with E-state index in [0.717, 1.165) is 54.8 Å². The number of hydrogen-bond acceptors (Lipinski definition) is 6.